The van der Waals surface area contributed by atoms with Crippen molar-refractivity contribution in [3.63, 3.8) is 0 Å². The van der Waals surface area contributed by atoms with Gasteiger partial charge in [-0.25, -0.2) is 4.39 Å². The predicted octanol–water partition coefficient (Wildman–Crippen LogP) is 3.80. The van der Waals surface area contributed by atoms with Gasteiger partial charge >= 0.3 is 0 Å². The number of anilines is 1. The molecular weight excluding hydrogens is 241 g/mol. The van der Waals surface area contributed by atoms with Gasteiger partial charge in [-0.3, -0.25) is 4.79 Å². The molecule has 3 heteroatoms. The highest BCUT2D eigenvalue weighted by molar-refractivity contribution is 6.06. The van der Waals surface area contributed by atoms with E-state index in [2.05, 4.69) is 0 Å². The number of carbonyl (C=O) groups excluding carboxylic acids is 1. The molecule has 0 spiro atoms. The fraction of sp³-hybridized carbons (Fsp3) is 0.188. The number of hydrogen-bond donors (Lipinski definition) is 0. The van der Waals surface area contributed by atoms with Crippen molar-refractivity contribution in [2.75, 3.05) is 11.4 Å². The van der Waals surface area contributed by atoms with Gasteiger partial charge in [0.05, 0.1) is 0 Å². The molecule has 1 amide bonds. The third kappa shape index (κ3) is 2.99. The minimum absolute atomic E-state index is 0.0715. The molecule has 0 N–H and O–H groups in total. The van der Waals surface area contributed by atoms with Crippen LogP contribution in [0.15, 0.2) is 48.5 Å². The first-order valence-corrected chi connectivity index (χ1v) is 6.26. The summed E-state index contributed by atoms with van der Waals surface area (Å²) < 4.78 is 12.9. The highest BCUT2D eigenvalue weighted by atomic mass is 19.1. The second-order valence-corrected chi connectivity index (χ2v) is 4.40. The highest BCUT2D eigenvalue weighted by Gasteiger charge is 2.15. The van der Waals surface area contributed by atoms with Crippen molar-refractivity contribution in [2.24, 2.45) is 0 Å². The second-order valence-electron chi connectivity index (χ2n) is 4.40. The molecular formula is C16H16FNO. The zero-order chi connectivity index (χ0) is 13.8. The third-order valence-electron chi connectivity index (χ3n) is 2.96. The molecule has 0 atom stereocenters. The number of halogens is 1. The Kier molecular flexibility index (Phi) is 3.95. The number of carbonyl (C=O) groups is 1. The smallest absolute Gasteiger partial charge is 0.258 e. The first-order valence-electron chi connectivity index (χ1n) is 6.26. The monoisotopic (exact) mass is 257 g/mol. The van der Waals surface area contributed by atoms with Crippen LogP contribution in [0.4, 0.5) is 10.1 Å². The Bertz CT molecular complexity index is 578. The van der Waals surface area contributed by atoms with Crippen molar-refractivity contribution in [1.82, 2.24) is 0 Å². The molecule has 19 heavy (non-hydrogen) atoms. The summed E-state index contributed by atoms with van der Waals surface area (Å²) in [6.07, 6.45) is 0. The van der Waals surface area contributed by atoms with E-state index in [4.69, 9.17) is 0 Å². The third-order valence-corrected chi connectivity index (χ3v) is 2.96. The molecule has 0 saturated heterocycles. The van der Waals surface area contributed by atoms with Crippen LogP contribution in [-0.2, 0) is 0 Å². The molecule has 0 aliphatic carbocycles. The van der Waals surface area contributed by atoms with Crippen molar-refractivity contribution < 1.29 is 9.18 Å². The zero-order valence-corrected chi connectivity index (χ0v) is 11.1. The quantitative estimate of drug-likeness (QED) is 0.819. The van der Waals surface area contributed by atoms with Gasteiger partial charge in [0.25, 0.3) is 5.91 Å². The molecule has 2 nitrogen and oxygen atoms in total. The maximum Gasteiger partial charge on any atom is 0.258 e. The minimum Gasteiger partial charge on any atom is -0.309 e. The summed E-state index contributed by atoms with van der Waals surface area (Å²) in [5.74, 6) is -0.374. The molecule has 2 aromatic rings. The number of nitrogens with zero attached hydrogens (tertiary/aromatic N) is 1. The van der Waals surface area contributed by atoms with Crippen molar-refractivity contribution in [3.05, 3.63) is 65.5 Å². The van der Waals surface area contributed by atoms with Crippen molar-refractivity contribution in [1.29, 1.82) is 0 Å². The molecule has 2 rings (SSSR count). The van der Waals surface area contributed by atoms with E-state index in [0.29, 0.717) is 17.8 Å². The summed E-state index contributed by atoms with van der Waals surface area (Å²) in [6, 6.07) is 13.4. The van der Waals surface area contributed by atoms with Crippen LogP contribution in [0, 0.1) is 12.7 Å². The van der Waals surface area contributed by atoms with Crippen LogP contribution in [0.3, 0.4) is 0 Å². The summed E-state index contributed by atoms with van der Waals surface area (Å²) in [5, 5.41) is 0. The van der Waals surface area contributed by atoms with Gasteiger partial charge in [0.2, 0.25) is 0 Å². The Morgan fingerprint density at radius 2 is 1.84 bits per heavy atom. The van der Waals surface area contributed by atoms with Crippen molar-refractivity contribution >= 4 is 11.6 Å². The average molecular weight is 257 g/mol. The molecule has 0 saturated carbocycles. The van der Waals surface area contributed by atoms with Crippen LogP contribution in [0.1, 0.15) is 22.8 Å². The lowest BCUT2D eigenvalue weighted by molar-refractivity contribution is 0.0988. The predicted molar refractivity (Wildman–Crippen MR) is 74.9 cm³/mol. The van der Waals surface area contributed by atoms with Gasteiger partial charge in [0.15, 0.2) is 0 Å². The van der Waals surface area contributed by atoms with E-state index in [1.807, 2.05) is 32.0 Å². The lowest BCUT2D eigenvalue weighted by atomic mass is 10.1. The number of aryl methyl sites for hydroxylation is 1. The SMILES string of the molecule is CCN(C(=O)c1cccc(C)c1)c1ccc(F)cc1. The molecule has 98 valence electrons. The summed E-state index contributed by atoms with van der Waals surface area (Å²) in [4.78, 5) is 14.1. The van der Waals surface area contributed by atoms with Crippen molar-refractivity contribution in [3.8, 4) is 0 Å². The van der Waals surface area contributed by atoms with Crippen LogP contribution in [0.2, 0.25) is 0 Å². The van der Waals surface area contributed by atoms with Gasteiger partial charge < -0.3 is 4.90 Å². The van der Waals surface area contributed by atoms with Crippen molar-refractivity contribution in [2.45, 2.75) is 13.8 Å². The molecule has 0 radical (unpaired) electrons. The normalized spacial score (nSPS) is 10.3. The first kappa shape index (κ1) is 13.3. The summed E-state index contributed by atoms with van der Waals surface area (Å²) in [6.45, 7) is 4.39. The highest BCUT2D eigenvalue weighted by Crippen LogP contribution is 2.18. The summed E-state index contributed by atoms with van der Waals surface area (Å²) in [5.41, 5.74) is 2.39. The van der Waals surface area contributed by atoms with Crippen LogP contribution in [0.5, 0.6) is 0 Å². The van der Waals surface area contributed by atoms with Gasteiger partial charge in [0, 0.05) is 17.8 Å². The summed E-state index contributed by atoms with van der Waals surface area (Å²) in [7, 11) is 0. The molecule has 0 aromatic heterocycles. The number of benzene rings is 2. The maximum atomic E-state index is 12.9. The zero-order valence-electron chi connectivity index (χ0n) is 11.1. The van der Waals surface area contributed by atoms with Gasteiger partial charge in [-0.1, -0.05) is 17.7 Å². The van der Waals surface area contributed by atoms with Gasteiger partial charge in [0.1, 0.15) is 5.82 Å². The number of rotatable bonds is 3. The van der Waals surface area contributed by atoms with E-state index in [-0.39, 0.29) is 11.7 Å². The van der Waals surface area contributed by atoms with E-state index in [1.54, 1.807) is 23.1 Å². The Balaban J connectivity index is 2.31. The standard InChI is InChI=1S/C16H16FNO/c1-3-18(15-9-7-14(17)8-10-15)16(19)13-6-4-5-12(2)11-13/h4-11H,3H2,1-2H3. The largest absolute Gasteiger partial charge is 0.309 e. The topological polar surface area (TPSA) is 20.3 Å². The minimum atomic E-state index is -0.303. The van der Waals surface area contributed by atoms with Gasteiger partial charge in [-0.2, -0.15) is 0 Å². The lowest BCUT2D eigenvalue weighted by Crippen LogP contribution is -2.30. The van der Waals surface area contributed by atoms with E-state index in [1.165, 1.54) is 12.1 Å². The Morgan fingerprint density at radius 3 is 2.42 bits per heavy atom. The second kappa shape index (κ2) is 5.65. The van der Waals surface area contributed by atoms with Gasteiger partial charge in [-0.05, 0) is 50.2 Å². The summed E-state index contributed by atoms with van der Waals surface area (Å²) >= 11 is 0. The molecule has 0 aliphatic rings. The van der Waals surface area contributed by atoms with Gasteiger partial charge in [-0.15, -0.1) is 0 Å². The molecule has 2 aromatic carbocycles. The number of amides is 1. The van der Waals surface area contributed by atoms with Crippen LogP contribution >= 0.6 is 0 Å². The molecule has 0 unspecified atom stereocenters. The van der Waals surface area contributed by atoms with E-state index >= 15 is 0 Å². The Labute approximate surface area is 112 Å². The molecule has 0 aliphatic heterocycles. The van der Waals surface area contributed by atoms with Crippen LogP contribution in [-0.4, -0.2) is 12.5 Å². The molecule has 0 bridgehead atoms. The first-order chi connectivity index (χ1) is 9.11. The fourth-order valence-corrected chi connectivity index (χ4v) is 2.00. The van der Waals surface area contributed by atoms with E-state index in [0.717, 1.165) is 5.56 Å². The number of hydrogen-bond acceptors (Lipinski definition) is 1. The maximum absolute atomic E-state index is 12.9. The molecule has 0 fully saturated rings. The van der Waals surface area contributed by atoms with Crippen LogP contribution in [0.25, 0.3) is 0 Å². The van der Waals surface area contributed by atoms with Crippen LogP contribution < -0.4 is 4.90 Å². The van der Waals surface area contributed by atoms with E-state index in [9.17, 15) is 9.18 Å². The Morgan fingerprint density at radius 1 is 1.16 bits per heavy atom. The van der Waals surface area contributed by atoms with E-state index < -0.39 is 0 Å². The fourth-order valence-electron chi connectivity index (χ4n) is 2.00. The Hall–Kier alpha value is -2.16. The lowest BCUT2D eigenvalue weighted by Gasteiger charge is -2.21. The average Bonchev–Trinajstić information content (AvgIpc) is 2.41. The molecule has 0 heterocycles.